The Bertz CT molecular complexity index is 382. The third kappa shape index (κ3) is 3.07. The van der Waals surface area contributed by atoms with Crippen LogP contribution in [0.5, 0.6) is 0 Å². The van der Waals surface area contributed by atoms with E-state index in [4.69, 9.17) is 28.9 Å². The monoisotopic (exact) mass is 295 g/mol. The van der Waals surface area contributed by atoms with Crippen molar-refractivity contribution in [3.63, 3.8) is 0 Å². The number of aliphatic hydroxyl groups excluding tert-OH is 1. The van der Waals surface area contributed by atoms with Gasteiger partial charge in [0.05, 0.1) is 22.2 Å². The summed E-state index contributed by atoms with van der Waals surface area (Å²) in [6.07, 6.45) is 2.75. The molecule has 1 fully saturated rings. The Hall–Kier alpha value is 0.01000. The van der Waals surface area contributed by atoms with Crippen LogP contribution in [0.25, 0.3) is 0 Å². The topological polar surface area (TPSA) is 46.2 Å². The molecule has 0 unspecified atom stereocenters. The lowest BCUT2D eigenvalue weighted by molar-refractivity contribution is 0.0414. The Labute approximate surface area is 118 Å². The normalized spacial score (nSPS) is 19.1. The highest BCUT2D eigenvalue weighted by atomic mass is 35.5. The predicted molar refractivity (Wildman–Crippen MR) is 74.0 cm³/mol. The number of benzene rings is 1. The first kappa shape index (κ1) is 15.1. The van der Waals surface area contributed by atoms with Crippen LogP contribution in [-0.2, 0) is 0 Å². The highest BCUT2D eigenvalue weighted by Crippen LogP contribution is 2.37. The molecular weight excluding hydrogens is 280 g/mol. The molecule has 2 atom stereocenters. The van der Waals surface area contributed by atoms with Gasteiger partial charge in [0.2, 0.25) is 0 Å². The summed E-state index contributed by atoms with van der Waals surface area (Å²) >= 11 is 12.0. The first-order valence-corrected chi connectivity index (χ1v) is 6.24. The van der Waals surface area contributed by atoms with Crippen molar-refractivity contribution >= 4 is 35.6 Å². The van der Waals surface area contributed by atoms with E-state index < -0.39 is 12.1 Å². The fourth-order valence-electron chi connectivity index (χ4n) is 2.04. The van der Waals surface area contributed by atoms with Crippen molar-refractivity contribution in [2.75, 3.05) is 0 Å². The van der Waals surface area contributed by atoms with Gasteiger partial charge in [0, 0.05) is 0 Å². The molecule has 0 aliphatic heterocycles. The number of nitrogens with two attached hydrogens (primary N) is 1. The van der Waals surface area contributed by atoms with Gasteiger partial charge in [0.1, 0.15) is 0 Å². The van der Waals surface area contributed by atoms with Gasteiger partial charge in [-0.3, -0.25) is 0 Å². The van der Waals surface area contributed by atoms with E-state index in [2.05, 4.69) is 0 Å². The average Bonchev–Trinajstić information content (AvgIpc) is 2.18. The maximum Gasteiger partial charge on any atom is 0.0761 e. The van der Waals surface area contributed by atoms with Gasteiger partial charge in [-0.25, -0.2) is 0 Å². The molecule has 0 spiro atoms. The van der Waals surface area contributed by atoms with E-state index in [1.54, 1.807) is 12.1 Å². The molecule has 1 aromatic rings. The molecule has 0 aromatic heterocycles. The molecule has 17 heavy (non-hydrogen) atoms. The first-order valence-electron chi connectivity index (χ1n) is 5.49. The van der Waals surface area contributed by atoms with Crippen LogP contribution >= 0.6 is 35.6 Å². The minimum Gasteiger partial charge on any atom is -0.391 e. The fraction of sp³-hybridized carbons (Fsp3) is 0.500. The van der Waals surface area contributed by atoms with E-state index in [-0.39, 0.29) is 12.4 Å². The molecule has 3 N–H and O–H groups in total. The lowest BCUT2D eigenvalue weighted by Gasteiger charge is -2.34. The van der Waals surface area contributed by atoms with Crippen LogP contribution in [0.3, 0.4) is 0 Å². The summed E-state index contributed by atoms with van der Waals surface area (Å²) in [6.45, 7) is 0. The van der Waals surface area contributed by atoms with Gasteiger partial charge in [0.15, 0.2) is 0 Å². The summed E-state index contributed by atoms with van der Waals surface area (Å²) in [7, 11) is 0. The van der Waals surface area contributed by atoms with Gasteiger partial charge in [-0.15, -0.1) is 12.4 Å². The molecule has 0 radical (unpaired) electrons. The highest BCUT2D eigenvalue weighted by molar-refractivity contribution is 6.42. The summed E-state index contributed by atoms with van der Waals surface area (Å²) in [5.74, 6) is 0.310. The second kappa shape index (κ2) is 6.26. The maximum absolute atomic E-state index is 10.1. The Morgan fingerprint density at radius 3 is 2.47 bits per heavy atom. The van der Waals surface area contributed by atoms with Crippen LogP contribution < -0.4 is 5.73 Å². The fourth-order valence-corrected chi connectivity index (χ4v) is 2.47. The number of hydrogen-bond donors (Lipinski definition) is 2. The molecule has 96 valence electrons. The molecule has 0 bridgehead atoms. The summed E-state index contributed by atoms with van der Waals surface area (Å²) in [6, 6.07) is 4.89. The van der Waals surface area contributed by atoms with E-state index >= 15 is 0 Å². The minimum atomic E-state index is -0.523. The van der Waals surface area contributed by atoms with Crippen LogP contribution in [0, 0.1) is 5.92 Å². The van der Waals surface area contributed by atoms with Crippen molar-refractivity contribution < 1.29 is 5.11 Å². The molecule has 5 heteroatoms. The zero-order valence-corrected chi connectivity index (χ0v) is 11.6. The van der Waals surface area contributed by atoms with Crippen molar-refractivity contribution in [3.8, 4) is 0 Å². The van der Waals surface area contributed by atoms with Gasteiger partial charge in [-0.1, -0.05) is 41.8 Å². The smallest absolute Gasteiger partial charge is 0.0761 e. The Morgan fingerprint density at radius 2 is 1.94 bits per heavy atom. The van der Waals surface area contributed by atoms with Crippen LogP contribution in [0.2, 0.25) is 10.0 Å². The number of rotatable bonds is 3. The largest absolute Gasteiger partial charge is 0.391 e. The lowest BCUT2D eigenvalue weighted by atomic mass is 9.77. The molecule has 1 aliphatic carbocycles. The van der Waals surface area contributed by atoms with Crippen molar-refractivity contribution in [2.24, 2.45) is 11.7 Å². The molecule has 0 heterocycles. The van der Waals surface area contributed by atoms with Gasteiger partial charge in [0.25, 0.3) is 0 Å². The Balaban J connectivity index is 0.00000144. The summed E-state index contributed by atoms with van der Waals surface area (Å²) < 4.78 is 0. The zero-order valence-electron chi connectivity index (χ0n) is 9.27. The van der Waals surface area contributed by atoms with E-state index in [0.29, 0.717) is 16.0 Å². The van der Waals surface area contributed by atoms with Gasteiger partial charge in [-0.2, -0.15) is 0 Å². The number of hydrogen-bond acceptors (Lipinski definition) is 2. The van der Waals surface area contributed by atoms with Crippen molar-refractivity contribution in [3.05, 3.63) is 33.8 Å². The van der Waals surface area contributed by atoms with E-state index in [0.717, 1.165) is 18.4 Å². The maximum atomic E-state index is 10.1. The van der Waals surface area contributed by atoms with E-state index in [1.165, 1.54) is 6.42 Å². The number of halogens is 3. The highest BCUT2D eigenvalue weighted by Gasteiger charge is 2.31. The molecule has 0 amide bonds. The first-order chi connectivity index (χ1) is 7.61. The molecule has 1 aliphatic rings. The molecule has 2 rings (SSSR count). The van der Waals surface area contributed by atoms with Gasteiger partial charge < -0.3 is 10.8 Å². The Morgan fingerprint density at radius 1 is 1.29 bits per heavy atom. The third-order valence-electron chi connectivity index (χ3n) is 3.34. The molecule has 0 saturated heterocycles. The molecule has 2 nitrogen and oxygen atoms in total. The minimum absolute atomic E-state index is 0. The standard InChI is InChI=1S/C12H15Cl2NO.ClH/c13-9-6-2-5-8(10(9)14)11(15)12(16)7-3-1-4-7;/h2,5-7,11-12,16H,1,3-4,15H2;1H/t11-,12+;/m1./s1. The quantitative estimate of drug-likeness (QED) is 0.895. The lowest BCUT2D eigenvalue weighted by Crippen LogP contribution is -2.36. The van der Waals surface area contributed by atoms with Gasteiger partial charge in [-0.05, 0) is 30.4 Å². The molecule has 1 aromatic carbocycles. The number of aliphatic hydroxyl groups is 1. The van der Waals surface area contributed by atoms with Crippen LogP contribution in [-0.4, -0.2) is 11.2 Å². The second-order valence-electron chi connectivity index (χ2n) is 4.35. The Kier molecular flexibility index (Phi) is 5.55. The predicted octanol–water partition coefficient (Wildman–Crippen LogP) is 3.58. The molecular formula is C12H16Cl3NO. The van der Waals surface area contributed by atoms with Crippen LogP contribution in [0.15, 0.2) is 18.2 Å². The summed E-state index contributed by atoms with van der Waals surface area (Å²) in [4.78, 5) is 0. The SMILES string of the molecule is Cl.N[C@H](c1cccc(Cl)c1Cl)[C@@H](O)C1CCC1. The van der Waals surface area contributed by atoms with Crippen LogP contribution in [0.4, 0.5) is 0 Å². The second-order valence-corrected chi connectivity index (χ2v) is 5.14. The van der Waals surface area contributed by atoms with Crippen molar-refractivity contribution in [1.82, 2.24) is 0 Å². The van der Waals surface area contributed by atoms with Gasteiger partial charge >= 0.3 is 0 Å². The third-order valence-corrected chi connectivity index (χ3v) is 4.17. The summed E-state index contributed by atoms with van der Waals surface area (Å²) in [5, 5.41) is 11.0. The molecule has 1 saturated carbocycles. The average molecular weight is 297 g/mol. The van der Waals surface area contributed by atoms with E-state index in [1.807, 2.05) is 6.07 Å². The zero-order chi connectivity index (χ0) is 11.7. The van der Waals surface area contributed by atoms with Crippen molar-refractivity contribution in [2.45, 2.75) is 31.4 Å². The van der Waals surface area contributed by atoms with Crippen LogP contribution in [0.1, 0.15) is 30.9 Å². The van der Waals surface area contributed by atoms with E-state index in [9.17, 15) is 5.11 Å². The summed E-state index contributed by atoms with van der Waals surface area (Å²) in [5.41, 5.74) is 6.76. The van der Waals surface area contributed by atoms with Crippen molar-refractivity contribution in [1.29, 1.82) is 0 Å².